The molecule has 2 nitrogen and oxygen atoms in total. The van der Waals surface area contributed by atoms with Gasteiger partial charge in [0.2, 0.25) is 0 Å². The van der Waals surface area contributed by atoms with Crippen molar-refractivity contribution in [2.45, 2.75) is 47.6 Å². The number of nitrogens with zero attached hydrogens (tertiary/aromatic N) is 1. The lowest BCUT2D eigenvalue weighted by Gasteiger charge is -2.32. The Morgan fingerprint density at radius 3 is 2.10 bits per heavy atom. The summed E-state index contributed by atoms with van der Waals surface area (Å²) in [7, 11) is 0. The number of hydrogen-bond acceptors (Lipinski definition) is 2. The molecule has 1 atom stereocenters. The van der Waals surface area contributed by atoms with Gasteiger partial charge < -0.3 is 10.2 Å². The number of hydrogen-bond donors (Lipinski definition) is 1. The summed E-state index contributed by atoms with van der Waals surface area (Å²) >= 11 is 0. The average Bonchev–Trinajstić information content (AvgIpc) is 2.37. The largest absolute Gasteiger partial charge is 0.371 e. The highest BCUT2D eigenvalue weighted by atomic mass is 19.1. The van der Waals surface area contributed by atoms with Crippen LogP contribution in [0, 0.1) is 17.7 Å². The second kappa shape index (κ2) is 8.38. The molecule has 1 rings (SSSR count). The van der Waals surface area contributed by atoms with E-state index in [1.165, 1.54) is 0 Å². The van der Waals surface area contributed by atoms with Crippen LogP contribution in [-0.4, -0.2) is 19.6 Å². The number of rotatable bonds is 8. The van der Waals surface area contributed by atoms with Gasteiger partial charge in [-0.3, -0.25) is 0 Å². The minimum absolute atomic E-state index is 0.155. The minimum Gasteiger partial charge on any atom is -0.371 e. The molecule has 1 aromatic carbocycles. The van der Waals surface area contributed by atoms with Crippen LogP contribution in [0.1, 0.15) is 53.1 Å². The second-order valence-electron chi connectivity index (χ2n) is 6.68. The number of nitrogens with one attached hydrogen (secondary N) is 1. The number of anilines is 1. The lowest BCUT2D eigenvalue weighted by Crippen LogP contribution is -2.33. The highest BCUT2D eigenvalue weighted by Gasteiger charge is 2.18. The standard InChI is InChI=1S/C18H31FN2/c1-7-20-15(6)17-10-16(19)8-9-18(17)21(11-13(2)3)12-14(4)5/h8-10,13-15,20H,7,11-12H2,1-6H3. The van der Waals surface area contributed by atoms with E-state index in [-0.39, 0.29) is 11.9 Å². The molecule has 1 aromatic rings. The van der Waals surface area contributed by atoms with E-state index in [0.29, 0.717) is 11.8 Å². The predicted molar refractivity (Wildman–Crippen MR) is 90.4 cm³/mol. The van der Waals surface area contributed by atoms with Crippen LogP contribution in [0.5, 0.6) is 0 Å². The van der Waals surface area contributed by atoms with Crippen molar-refractivity contribution in [3.8, 4) is 0 Å². The van der Waals surface area contributed by atoms with Gasteiger partial charge in [0.25, 0.3) is 0 Å². The highest BCUT2D eigenvalue weighted by molar-refractivity contribution is 5.55. The summed E-state index contributed by atoms with van der Waals surface area (Å²) in [5.74, 6) is 1.000. The molecule has 0 bridgehead atoms. The van der Waals surface area contributed by atoms with Gasteiger partial charge in [-0.15, -0.1) is 0 Å². The zero-order valence-corrected chi connectivity index (χ0v) is 14.4. The Bertz CT molecular complexity index is 419. The van der Waals surface area contributed by atoms with Crippen LogP contribution >= 0.6 is 0 Å². The topological polar surface area (TPSA) is 15.3 Å². The zero-order valence-electron chi connectivity index (χ0n) is 14.4. The van der Waals surface area contributed by atoms with Crippen molar-refractivity contribution < 1.29 is 4.39 Å². The monoisotopic (exact) mass is 294 g/mol. The van der Waals surface area contributed by atoms with Gasteiger partial charge in [-0.25, -0.2) is 4.39 Å². The third-order valence-electron chi connectivity index (χ3n) is 3.48. The maximum atomic E-state index is 13.7. The molecule has 1 N–H and O–H groups in total. The number of benzene rings is 1. The molecule has 0 heterocycles. The molecule has 0 spiro atoms. The molecule has 21 heavy (non-hydrogen) atoms. The number of halogens is 1. The first-order chi connectivity index (χ1) is 9.85. The first-order valence-corrected chi connectivity index (χ1v) is 8.12. The average molecular weight is 294 g/mol. The van der Waals surface area contributed by atoms with Gasteiger partial charge in [-0.05, 0) is 49.1 Å². The zero-order chi connectivity index (χ0) is 16.0. The first kappa shape index (κ1) is 18.0. The van der Waals surface area contributed by atoms with Crippen LogP contribution in [0.2, 0.25) is 0 Å². The Kier molecular flexibility index (Phi) is 7.16. The van der Waals surface area contributed by atoms with Crippen LogP contribution in [0.25, 0.3) is 0 Å². The molecule has 0 aliphatic rings. The molecule has 1 unspecified atom stereocenters. The molecule has 0 saturated carbocycles. The summed E-state index contributed by atoms with van der Waals surface area (Å²) in [6.45, 7) is 16.0. The lowest BCUT2D eigenvalue weighted by molar-refractivity contribution is 0.541. The second-order valence-corrected chi connectivity index (χ2v) is 6.68. The molecular weight excluding hydrogens is 263 g/mol. The van der Waals surface area contributed by atoms with E-state index >= 15 is 0 Å². The van der Waals surface area contributed by atoms with Gasteiger partial charge in [-0.2, -0.15) is 0 Å². The van der Waals surface area contributed by atoms with E-state index < -0.39 is 0 Å². The van der Waals surface area contributed by atoms with Crippen LogP contribution in [0.3, 0.4) is 0 Å². The van der Waals surface area contributed by atoms with Crippen molar-refractivity contribution >= 4 is 5.69 Å². The maximum absolute atomic E-state index is 13.7. The highest BCUT2D eigenvalue weighted by Crippen LogP contribution is 2.28. The Morgan fingerprint density at radius 2 is 1.62 bits per heavy atom. The molecule has 120 valence electrons. The van der Waals surface area contributed by atoms with Gasteiger partial charge >= 0.3 is 0 Å². The fourth-order valence-electron chi connectivity index (χ4n) is 2.73. The van der Waals surface area contributed by atoms with Crippen molar-refractivity contribution in [1.82, 2.24) is 5.32 Å². The molecule has 0 amide bonds. The predicted octanol–water partition coefficient (Wildman–Crippen LogP) is 4.61. The fraction of sp³-hybridized carbons (Fsp3) is 0.667. The Labute approximate surface area is 129 Å². The molecule has 0 saturated heterocycles. The molecule has 3 heteroatoms. The summed E-state index contributed by atoms with van der Waals surface area (Å²) in [4.78, 5) is 2.40. The maximum Gasteiger partial charge on any atom is 0.123 e. The Hall–Kier alpha value is -1.09. The van der Waals surface area contributed by atoms with Crippen LogP contribution in [0.4, 0.5) is 10.1 Å². The van der Waals surface area contributed by atoms with Gasteiger partial charge in [0.05, 0.1) is 0 Å². The third-order valence-corrected chi connectivity index (χ3v) is 3.48. The van der Waals surface area contributed by atoms with Gasteiger partial charge in [-0.1, -0.05) is 34.6 Å². The van der Waals surface area contributed by atoms with Crippen molar-refractivity contribution in [2.24, 2.45) is 11.8 Å². The summed E-state index contributed by atoms with van der Waals surface area (Å²) < 4.78 is 13.7. The fourth-order valence-corrected chi connectivity index (χ4v) is 2.73. The molecule has 0 aromatic heterocycles. The molecular formula is C18H31FN2. The van der Waals surface area contributed by atoms with Crippen molar-refractivity contribution in [2.75, 3.05) is 24.5 Å². The quantitative estimate of drug-likeness (QED) is 0.753. The molecule has 0 radical (unpaired) electrons. The van der Waals surface area contributed by atoms with Gasteiger partial charge in [0.1, 0.15) is 5.82 Å². The van der Waals surface area contributed by atoms with Crippen molar-refractivity contribution in [3.05, 3.63) is 29.6 Å². The van der Waals surface area contributed by atoms with Crippen LogP contribution in [-0.2, 0) is 0 Å². The molecule has 0 aliphatic carbocycles. The van der Waals surface area contributed by atoms with E-state index in [0.717, 1.165) is 30.9 Å². The molecule has 0 aliphatic heterocycles. The first-order valence-electron chi connectivity index (χ1n) is 8.12. The minimum atomic E-state index is -0.160. The third kappa shape index (κ3) is 5.66. The van der Waals surface area contributed by atoms with Crippen molar-refractivity contribution in [3.63, 3.8) is 0 Å². The van der Waals surface area contributed by atoms with Gasteiger partial charge in [0, 0.05) is 24.8 Å². The smallest absolute Gasteiger partial charge is 0.123 e. The van der Waals surface area contributed by atoms with E-state index in [4.69, 9.17) is 0 Å². The van der Waals surface area contributed by atoms with Crippen molar-refractivity contribution in [1.29, 1.82) is 0 Å². The van der Waals surface area contributed by atoms with E-state index in [2.05, 4.69) is 51.8 Å². The molecule has 0 fully saturated rings. The van der Waals surface area contributed by atoms with E-state index in [1.807, 2.05) is 6.07 Å². The Balaban J connectivity index is 3.15. The summed E-state index contributed by atoms with van der Waals surface area (Å²) in [5, 5.41) is 3.40. The lowest BCUT2D eigenvalue weighted by atomic mass is 10.0. The SMILES string of the molecule is CCNC(C)c1cc(F)ccc1N(CC(C)C)CC(C)C. The van der Waals surface area contributed by atoms with E-state index in [9.17, 15) is 4.39 Å². The normalized spacial score (nSPS) is 13.0. The Morgan fingerprint density at radius 1 is 1.05 bits per heavy atom. The van der Waals surface area contributed by atoms with Crippen LogP contribution in [0.15, 0.2) is 18.2 Å². The van der Waals surface area contributed by atoms with E-state index in [1.54, 1.807) is 12.1 Å². The van der Waals surface area contributed by atoms with Crippen LogP contribution < -0.4 is 10.2 Å². The summed E-state index contributed by atoms with van der Waals surface area (Å²) in [6.07, 6.45) is 0. The van der Waals surface area contributed by atoms with Gasteiger partial charge in [0.15, 0.2) is 0 Å². The summed E-state index contributed by atoms with van der Waals surface area (Å²) in [6, 6.07) is 5.34. The summed E-state index contributed by atoms with van der Waals surface area (Å²) in [5.41, 5.74) is 2.21.